The van der Waals surface area contributed by atoms with Gasteiger partial charge in [-0.2, -0.15) is 0 Å². The van der Waals surface area contributed by atoms with E-state index < -0.39 is 0 Å². The molecule has 0 saturated carbocycles. The van der Waals surface area contributed by atoms with Crippen LogP contribution in [0.5, 0.6) is 0 Å². The summed E-state index contributed by atoms with van der Waals surface area (Å²) in [5.74, 6) is 0. The fourth-order valence-corrected chi connectivity index (χ4v) is 1.97. The lowest BCUT2D eigenvalue weighted by atomic mass is 10.1. The number of fused-ring (bicyclic) bond motifs is 3. The molecule has 0 radical (unpaired) electrons. The first-order valence-electron chi connectivity index (χ1n) is 4.86. The zero-order valence-electron chi connectivity index (χ0n) is 8.12. The second kappa shape index (κ2) is 2.64. The molecule has 0 amide bonds. The smallest absolute Gasteiger partial charge is 0.0688 e. The Hall–Kier alpha value is -1.70. The van der Waals surface area contributed by atoms with Crippen LogP contribution >= 0.6 is 0 Å². The summed E-state index contributed by atoms with van der Waals surface area (Å²) in [6.45, 7) is 3.04. The molecular formula is C12H12N2. The number of nitrogens with one attached hydrogen (secondary N) is 1. The maximum atomic E-state index is 3.41. The second-order valence-electron chi connectivity index (χ2n) is 3.74. The molecule has 1 N–H and O–H groups in total. The van der Waals surface area contributed by atoms with Gasteiger partial charge in [-0.25, -0.2) is 0 Å². The molecule has 1 aliphatic rings. The van der Waals surface area contributed by atoms with Crippen LogP contribution in [0.4, 0.5) is 5.69 Å². The molecule has 0 bridgehead atoms. The summed E-state index contributed by atoms with van der Waals surface area (Å²) in [6, 6.07) is 10.7. The van der Waals surface area contributed by atoms with E-state index in [1.54, 1.807) is 0 Å². The fraction of sp³-hybridized carbons (Fsp3) is 0.167. The van der Waals surface area contributed by atoms with Crippen LogP contribution in [0.1, 0.15) is 11.3 Å². The van der Waals surface area contributed by atoms with E-state index in [1.165, 1.54) is 22.6 Å². The standard InChI is InChI=1S/C12H12N2/c1-9-4-5-11-12(7-9)14-6-2-3-10(14)8-13-11/h2-7,13H,8H2,1H3. The molecule has 1 aliphatic heterocycles. The van der Waals surface area contributed by atoms with E-state index in [9.17, 15) is 0 Å². The van der Waals surface area contributed by atoms with E-state index in [1.807, 2.05) is 0 Å². The second-order valence-corrected chi connectivity index (χ2v) is 3.74. The van der Waals surface area contributed by atoms with Gasteiger partial charge in [0.25, 0.3) is 0 Å². The number of nitrogens with zero attached hydrogens (tertiary/aromatic N) is 1. The predicted octanol–water partition coefficient (Wildman–Crippen LogP) is 2.71. The van der Waals surface area contributed by atoms with Crippen LogP contribution < -0.4 is 5.32 Å². The van der Waals surface area contributed by atoms with Gasteiger partial charge < -0.3 is 9.88 Å². The summed E-state index contributed by atoms with van der Waals surface area (Å²) < 4.78 is 2.25. The zero-order chi connectivity index (χ0) is 9.54. The van der Waals surface area contributed by atoms with Crippen molar-refractivity contribution in [1.82, 2.24) is 4.57 Å². The summed E-state index contributed by atoms with van der Waals surface area (Å²) in [5, 5.41) is 3.41. The molecule has 2 aromatic rings. The Labute approximate surface area is 83.2 Å². The summed E-state index contributed by atoms with van der Waals surface area (Å²) in [7, 11) is 0. The van der Waals surface area contributed by atoms with Crippen molar-refractivity contribution >= 4 is 5.69 Å². The largest absolute Gasteiger partial charge is 0.378 e. The van der Waals surface area contributed by atoms with Crippen LogP contribution in [0, 0.1) is 6.92 Å². The minimum Gasteiger partial charge on any atom is -0.378 e. The van der Waals surface area contributed by atoms with Crippen molar-refractivity contribution in [3.63, 3.8) is 0 Å². The van der Waals surface area contributed by atoms with Crippen LogP contribution in [0.25, 0.3) is 5.69 Å². The average Bonchev–Trinajstić information content (AvgIpc) is 2.65. The predicted molar refractivity (Wildman–Crippen MR) is 57.8 cm³/mol. The first kappa shape index (κ1) is 7.68. The van der Waals surface area contributed by atoms with Gasteiger partial charge in [0.2, 0.25) is 0 Å². The summed E-state index contributed by atoms with van der Waals surface area (Å²) in [5.41, 5.74) is 5.10. The van der Waals surface area contributed by atoms with Crippen molar-refractivity contribution in [3.05, 3.63) is 47.8 Å². The molecule has 0 atom stereocenters. The monoisotopic (exact) mass is 184 g/mol. The van der Waals surface area contributed by atoms with Crippen LogP contribution in [0.15, 0.2) is 36.5 Å². The maximum absolute atomic E-state index is 3.41. The first-order chi connectivity index (χ1) is 6.84. The highest BCUT2D eigenvalue weighted by Gasteiger charge is 2.13. The highest BCUT2D eigenvalue weighted by molar-refractivity contribution is 5.65. The van der Waals surface area contributed by atoms with Gasteiger partial charge in [-0.3, -0.25) is 0 Å². The Bertz CT molecular complexity index is 483. The van der Waals surface area contributed by atoms with E-state index in [0.717, 1.165) is 6.54 Å². The summed E-state index contributed by atoms with van der Waals surface area (Å²) in [4.78, 5) is 0. The van der Waals surface area contributed by atoms with Gasteiger partial charge in [-0.1, -0.05) is 6.07 Å². The lowest BCUT2D eigenvalue weighted by Crippen LogP contribution is -2.13. The van der Waals surface area contributed by atoms with Crippen LogP contribution in [-0.2, 0) is 6.54 Å². The van der Waals surface area contributed by atoms with E-state index in [4.69, 9.17) is 0 Å². The summed E-state index contributed by atoms with van der Waals surface area (Å²) >= 11 is 0. The molecule has 2 heteroatoms. The molecule has 0 spiro atoms. The molecular weight excluding hydrogens is 172 g/mol. The summed E-state index contributed by atoms with van der Waals surface area (Å²) in [6.07, 6.45) is 2.12. The molecule has 14 heavy (non-hydrogen) atoms. The number of hydrogen-bond donors (Lipinski definition) is 1. The molecule has 2 nitrogen and oxygen atoms in total. The molecule has 3 rings (SSSR count). The third kappa shape index (κ3) is 0.970. The van der Waals surface area contributed by atoms with Gasteiger partial charge in [0.15, 0.2) is 0 Å². The molecule has 2 heterocycles. The van der Waals surface area contributed by atoms with Gasteiger partial charge in [0.05, 0.1) is 17.9 Å². The highest BCUT2D eigenvalue weighted by atomic mass is 15.1. The van der Waals surface area contributed by atoms with Gasteiger partial charge in [0.1, 0.15) is 0 Å². The third-order valence-electron chi connectivity index (χ3n) is 2.71. The van der Waals surface area contributed by atoms with Crippen molar-refractivity contribution in [3.8, 4) is 5.69 Å². The zero-order valence-corrected chi connectivity index (χ0v) is 8.12. The third-order valence-corrected chi connectivity index (χ3v) is 2.71. The number of aryl methyl sites for hydroxylation is 1. The van der Waals surface area contributed by atoms with E-state index in [-0.39, 0.29) is 0 Å². The molecule has 70 valence electrons. The Morgan fingerprint density at radius 2 is 2.21 bits per heavy atom. The SMILES string of the molecule is Cc1ccc2c(c1)-n1cccc1CN2. The van der Waals surface area contributed by atoms with E-state index >= 15 is 0 Å². The fourth-order valence-electron chi connectivity index (χ4n) is 1.97. The highest BCUT2D eigenvalue weighted by Crippen LogP contribution is 2.28. The Morgan fingerprint density at radius 3 is 3.14 bits per heavy atom. The van der Waals surface area contributed by atoms with Gasteiger partial charge in [-0.15, -0.1) is 0 Å². The quantitative estimate of drug-likeness (QED) is 0.666. The van der Waals surface area contributed by atoms with Gasteiger partial charge >= 0.3 is 0 Å². The normalized spacial score (nSPS) is 12.9. The maximum Gasteiger partial charge on any atom is 0.0688 e. The molecule has 0 fully saturated rings. The average molecular weight is 184 g/mol. The van der Waals surface area contributed by atoms with Gasteiger partial charge in [0, 0.05) is 11.9 Å². The molecule has 0 unspecified atom stereocenters. The first-order valence-corrected chi connectivity index (χ1v) is 4.86. The van der Waals surface area contributed by atoms with Gasteiger partial charge in [-0.05, 0) is 36.8 Å². The van der Waals surface area contributed by atoms with Crippen molar-refractivity contribution in [2.45, 2.75) is 13.5 Å². The molecule has 1 aromatic heterocycles. The Balaban J connectivity index is 2.28. The number of anilines is 1. The van der Waals surface area contributed by atoms with E-state index in [0.29, 0.717) is 0 Å². The van der Waals surface area contributed by atoms with Crippen LogP contribution in [0.2, 0.25) is 0 Å². The van der Waals surface area contributed by atoms with Crippen LogP contribution in [0.3, 0.4) is 0 Å². The Morgan fingerprint density at radius 1 is 1.29 bits per heavy atom. The number of aromatic nitrogens is 1. The number of benzene rings is 1. The van der Waals surface area contributed by atoms with Crippen molar-refractivity contribution in [2.75, 3.05) is 5.32 Å². The minimum atomic E-state index is 0.920. The molecule has 1 aromatic carbocycles. The molecule has 0 saturated heterocycles. The lowest BCUT2D eigenvalue weighted by molar-refractivity contribution is 0.907. The lowest BCUT2D eigenvalue weighted by Gasteiger charge is -2.21. The minimum absolute atomic E-state index is 0.920. The van der Waals surface area contributed by atoms with Crippen molar-refractivity contribution in [1.29, 1.82) is 0 Å². The molecule has 0 aliphatic carbocycles. The number of hydrogen-bond acceptors (Lipinski definition) is 1. The van der Waals surface area contributed by atoms with Crippen molar-refractivity contribution in [2.24, 2.45) is 0 Å². The van der Waals surface area contributed by atoms with Crippen molar-refractivity contribution < 1.29 is 0 Å². The Kier molecular flexibility index (Phi) is 1.45. The van der Waals surface area contributed by atoms with E-state index in [2.05, 4.69) is 53.3 Å². The number of rotatable bonds is 0. The van der Waals surface area contributed by atoms with Crippen LogP contribution in [-0.4, -0.2) is 4.57 Å². The topological polar surface area (TPSA) is 17.0 Å².